The van der Waals surface area contributed by atoms with E-state index >= 15 is 0 Å². The van der Waals surface area contributed by atoms with Gasteiger partial charge >= 0.3 is 0 Å². The first-order chi connectivity index (χ1) is 16.5. The van der Waals surface area contributed by atoms with E-state index in [0.717, 1.165) is 54.7 Å². The maximum absolute atomic E-state index is 13.8. The number of carbonyl (C=O) groups excluding carboxylic acids is 1. The molecule has 1 aliphatic heterocycles. The molecule has 180 valence electrons. The van der Waals surface area contributed by atoms with Crippen LogP contribution in [0.1, 0.15) is 62.5 Å². The number of hydrogen-bond acceptors (Lipinski definition) is 6. The number of nitrogens with one attached hydrogen (secondary N) is 1. The van der Waals surface area contributed by atoms with Gasteiger partial charge in [0.2, 0.25) is 0 Å². The smallest absolute Gasteiger partial charge is 0.257 e. The molecule has 1 amide bonds. The third-order valence-electron chi connectivity index (χ3n) is 6.28. The zero-order valence-corrected chi connectivity index (χ0v) is 20.6. The molecule has 1 fully saturated rings. The molecule has 1 atom stereocenters. The van der Waals surface area contributed by atoms with Crippen molar-refractivity contribution < 1.29 is 14.3 Å². The second-order valence-electron chi connectivity index (χ2n) is 8.58. The van der Waals surface area contributed by atoms with Crippen LogP contribution >= 0.6 is 0 Å². The van der Waals surface area contributed by atoms with Gasteiger partial charge in [0, 0.05) is 35.9 Å². The molecule has 3 heterocycles. The van der Waals surface area contributed by atoms with Gasteiger partial charge in [0.25, 0.3) is 5.91 Å². The second kappa shape index (κ2) is 10.7. The van der Waals surface area contributed by atoms with E-state index in [1.54, 1.807) is 6.20 Å². The quantitative estimate of drug-likeness (QED) is 0.450. The van der Waals surface area contributed by atoms with Gasteiger partial charge in [-0.2, -0.15) is 0 Å². The molecular formula is C27H34N4O3. The van der Waals surface area contributed by atoms with E-state index in [1.807, 2.05) is 56.0 Å². The molecule has 1 aliphatic rings. The van der Waals surface area contributed by atoms with Gasteiger partial charge in [0.15, 0.2) is 5.65 Å². The summed E-state index contributed by atoms with van der Waals surface area (Å²) in [5, 5.41) is 4.30. The lowest BCUT2D eigenvalue weighted by Crippen LogP contribution is -2.43. The fourth-order valence-electron chi connectivity index (χ4n) is 4.60. The number of rotatable bonds is 8. The zero-order valence-electron chi connectivity index (χ0n) is 20.6. The first kappa shape index (κ1) is 23.8. The number of carbonyl (C=O) groups is 1. The summed E-state index contributed by atoms with van der Waals surface area (Å²) in [6, 6.07) is 9.86. The summed E-state index contributed by atoms with van der Waals surface area (Å²) >= 11 is 0. The van der Waals surface area contributed by atoms with Crippen LogP contribution in [0.2, 0.25) is 0 Å². The number of aryl methyl sites for hydroxylation is 1. The highest BCUT2D eigenvalue weighted by Gasteiger charge is 2.29. The number of pyridine rings is 2. The largest absolute Gasteiger partial charge is 0.494 e. The minimum atomic E-state index is 0.00273. The van der Waals surface area contributed by atoms with Gasteiger partial charge in [0.1, 0.15) is 11.5 Å². The number of likely N-dealkylation sites (tertiary alicyclic amines) is 1. The summed E-state index contributed by atoms with van der Waals surface area (Å²) in [5.74, 6) is 1.43. The monoisotopic (exact) mass is 462 g/mol. The Morgan fingerprint density at radius 3 is 2.71 bits per heavy atom. The van der Waals surface area contributed by atoms with E-state index in [2.05, 4.69) is 22.2 Å². The number of benzene rings is 1. The van der Waals surface area contributed by atoms with Crippen molar-refractivity contribution in [3.05, 3.63) is 47.8 Å². The molecule has 7 nitrogen and oxygen atoms in total. The molecule has 0 aliphatic carbocycles. The standard InChI is InChI=1S/C27H34N4O3/c1-5-19-10-8-9-15-31(19)27(32)22-17-28-26-21(13-11-18(4)29-26)25(22)30-23-16-20(33-6-2)12-14-24(23)34-7-3/h11-14,16-17,19H,5-10,15H2,1-4H3,(H,28,29,30)/t19-/m0/s1. The molecule has 34 heavy (non-hydrogen) atoms. The maximum Gasteiger partial charge on any atom is 0.257 e. The number of aromatic nitrogens is 2. The Labute approximate surface area is 201 Å². The first-order valence-electron chi connectivity index (χ1n) is 12.3. The molecule has 0 bridgehead atoms. The Hall–Kier alpha value is -3.35. The van der Waals surface area contributed by atoms with Gasteiger partial charge in [-0.3, -0.25) is 4.79 Å². The highest BCUT2D eigenvalue weighted by atomic mass is 16.5. The molecule has 1 saturated heterocycles. The molecule has 4 rings (SSSR count). The highest BCUT2D eigenvalue weighted by Crippen LogP contribution is 2.36. The van der Waals surface area contributed by atoms with Gasteiger partial charge in [-0.05, 0) is 70.7 Å². The van der Waals surface area contributed by atoms with Crippen molar-refractivity contribution in [3.63, 3.8) is 0 Å². The van der Waals surface area contributed by atoms with E-state index in [0.29, 0.717) is 35.9 Å². The number of piperidine rings is 1. The van der Waals surface area contributed by atoms with Gasteiger partial charge < -0.3 is 19.7 Å². The number of anilines is 2. The lowest BCUT2D eigenvalue weighted by Gasteiger charge is -2.35. The van der Waals surface area contributed by atoms with Crippen molar-refractivity contribution >= 4 is 28.3 Å². The fraction of sp³-hybridized carbons (Fsp3) is 0.444. The van der Waals surface area contributed by atoms with Crippen LogP contribution < -0.4 is 14.8 Å². The van der Waals surface area contributed by atoms with Crippen molar-refractivity contribution in [3.8, 4) is 11.5 Å². The lowest BCUT2D eigenvalue weighted by molar-refractivity contribution is 0.0609. The average Bonchev–Trinajstić information content (AvgIpc) is 2.85. The summed E-state index contributed by atoms with van der Waals surface area (Å²) in [5.41, 5.74) is 3.45. The Morgan fingerprint density at radius 2 is 1.94 bits per heavy atom. The normalized spacial score (nSPS) is 15.9. The predicted molar refractivity (Wildman–Crippen MR) is 135 cm³/mol. The van der Waals surface area contributed by atoms with Crippen molar-refractivity contribution in [2.45, 2.75) is 59.4 Å². The van der Waals surface area contributed by atoms with E-state index in [9.17, 15) is 4.79 Å². The molecule has 0 radical (unpaired) electrons. The maximum atomic E-state index is 13.8. The van der Waals surface area contributed by atoms with Gasteiger partial charge in [-0.15, -0.1) is 0 Å². The summed E-state index contributed by atoms with van der Waals surface area (Å²) in [7, 11) is 0. The molecular weight excluding hydrogens is 428 g/mol. The van der Waals surface area contributed by atoms with Crippen LogP contribution in [0, 0.1) is 6.92 Å². The number of ether oxygens (including phenoxy) is 2. The lowest BCUT2D eigenvalue weighted by atomic mass is 9.98. The first-order valence-corrected chi connectivity index (χ1v) is 12.3. The third-order valence-corrected chi connectivity index (χ3v) is 6.28. The van der Waals surface area contributed by atoms with E-state index < -0.39 is 0 Å². The predicted octanol–water partition coefficient (Wildman–Crippen LogP) is 5.88. The van der Waals surface area contributed by atoms with Gasteiger partial charge in [0.05, 0.1) is 30.2 Å². The van der Waals surface area contributed by atoms with Crippen LogP contribution in [0.3, 0.4) is 0 Å². The van der Waals surface area contributed by atoms with Crippen molar-refractivity contribution in [1.29, 1.82) is 0 Å². The average molecular weight is 463 g/mol. The number of nitrogens with zero attached hydrogens (tertiary/aromatic N) is 3. The van der Waals surface area contributed by atoms with Crippen molar-refractivity contribution in [2.24, 2.45) is 0 Å². The minimum Gasteiger partial charge on any atom is -0.494 e. The van der Waals surface area contributed by atoms with E-state index in [4.69, 9.17) is 9.47 Å². The van der Waals surface area contributed by atoms with Crippen LogP contribution in [-0.4, -0.2) is 46.6 Å². The molecule has 1 aromatic carbocycles. The highest BCUT2D eigenvalue weighted by molar-refractivity contribution is 6.07. The molecule has 1 N–H and O–H groups in total. The van der Waals surface area contributed by atoms with Crippen LogP contribution in [-0.2, 0) is 0 Å². The fourth-order valence-corrected chi connectivity index (χ4v) is 4.60. The summed E-state index contributed by atoms with van der Waals surface area (Å²) < 4.78 is 11.6. The second-order valence-corrected chi connectivity index (χ2v) is 8.58. The third kappa shape index (κ3) is 4.93. The summed E-state index contributed by atoms with van der Waals surface area (Å²) in [4.78, 5) is 25.0. The van der Waals surface area contributed by atoms with Crippen LogP contribution in [0.4, 0.5) is 11.4 Å². The van der Waals surface area contributed by atoms with Crippen molar-refractivity contribution in [1.82, 2.24) is 14.9 Å². The van der Waals surface area contributed by atoms with E-state index in [1.165, 1.54) is 0 Å². The Kier molecular flexibility index (Phi) is 7.50. The van der Waals surface area contributed by atoms with Crippen molar-refractivity contribution in [2.75, 3.05) is 25.1 Å². The van der Waals surface area contributed by atoms with Crippen LogP contribution in [0.5, 0.6) is 11.5 Å². The number of hydrogen-bond donors (Lipinski definition) is 1. The molecule has 3 aromatic rings. The van der Waals surface area contributed by atoms with E-state index in [-0.39, 0.29) is 11.9 Å². The molecule has 0 spiro atoms. The SMILES string of the molecule is CCOc1ccc(OCC)c(Nc2c(C(=O)N3CCCC[C@@H]3CC)cnc3nc(C)ccc23)c1. The molecule has 2 aromatic heterocycles. The van der Waals surface area contributed by atoms with Crippen LogP contribution in [0.25, 0.3) is 11.0 Å². The zero-order chi connectivity index (χ0) is 24.1. The minimum absolute atomic E-state index is 0.00273. The number of fused-ring (bicyclic) bond motifs is 1. The van der Waals surface area contributed by atoms with Gasteiger partial charge in [-0.1, -0.05) is 6.92 Å². The molecule has 0 unspecified atom stereocenters. The summed E-state index contributed by atoms with van der Waals surface area (Å²) in [6.45, 7) is 9.84. The van der Waals surface area contributed by atoms with Crippen LogP contribution in [0.15, 0.2) is 36.5 Å². The number of amides is 1. The summed E-state index contributed by atoms with van der Waals surface area (Å²) in [6.07, 6.45) is 5.83. The Balaban J connectivity index is 1.84. The topological polar surface area (TPSA) is 76.6 Å². The van der Waals surface area contributed by atoms with Gasteiger partial charge in [-0.25, -0.2) is 9.97 Å². The molecule has 0 saturated carbocycles. The Morgan fingerprint density at radius 1 is 1.12 bits per heavy atom. The Bertz CT molecular complexity index is 1160. The molecule has 7 heteroatoms.